The second kappa shape index (κ2) is 5.68. The summed E-state index contributed by atoms with van der Waals surface area (Å²) in [6.07, 6.45) is 1.66. The number of morpholine rings is 1. The molecule has 0 aromatic heterocycles. The number of hydrogen-bond acceptors (Lipinski definition) is 4. The minimum atomic E-state index is -3.75. The summed E-state index contributed by atoms with van der Waals surface area (Å²) in [6.45, 7) is 0.294. The lowest BCUT2D eigenvalue weighted by atomic mass is 10.2. The van der Waals surface area contributed by atoms with E-state index in [-0.39, 0.29) is 33.8 Å². The highest BCUT2D eigenvalue weighted by Gasteiger charge is 2.40. The predicted molar refractivity (Wildman–Crippen MR) is 79.0 cm³/mol. The minimum absolute atomic E-state index is 0.0285. The molecule has 8 heteroatoms. The van der Waals surface area contributed by atoms with Crippen molar-refractivity contribution in [1.82, 2.24) is 4.31 Å². The Morgan fingerprint density at radius 1 is 1.24 bits per heavy atom. The average molecular weight is 352 g/mol. The topological polar surface area (TPSA) is 66.8 Å². The minimum Gasteiger partial charge on any atom is -0.392 e. The first-order valence-corrected chi connectivity index (χ1v) is 8.86. The van der Waals surface area contributed by atoms with Crippen molar-refractivity contribution >= 4 is 33.2 Å². The number of halogens is 2. The van der Waals surface area contributed by atoms with Gasteiger partial charge in [0, 0.05) is 18.1 Å². The van der Waals surface area contributed by atoms with Crippen molar-refractivity contribution in [2.24, 2.45) is 0 Å². The number of aliphatic hydroxyl groups excluding tert-OH is 1. The Balaban J connectivity index is 2.00. The van der Waals surface area contributed by atoms with E-state index in [0.717, 1.165) is 12.8 Å². The SMILES string of the molecule is O=S(=O)(c1cc(Cl)cc(CO)c1Cl)N1CC2CCC(C1)O2. The monoisotopic (exact) mass is 351 g/mol. The molecule has 2 heterocycles. The first-order valence-electron chi connectivity index (χ1n) is 6.66. The molecule has 21 heavy (non-hydrogen) atoms. The first kappa shape index (κ1) is 15.5. The van der Waals surface area contributed by atoms with E-state index in [0.29, 0.717) is 18.7 Å². The van der Waals surface area contributed by atoms with Crippen molar-refractivity contribution in [2.45, 2.75) is 36.6 Å². The molecule has 0 radical (unpaired) electrons. The summed E-state index contributed by atoms with van der Waals surface area (Å²) in [5, 5.41) is 9.53. The van der Waals surface area contributed by atoms with Gasteiger partial charge < -0.3 is 9.84 Å². The Morgan fingerprint density at radius 3 is 2.43 bits per heavy atom. The van der Waals surface area contributed by atoms with Gasteiger partial charge in [-0.2, -0.15) is 4.31 Å². The van der Waals surface area contributed by atoms with Crippen LogP contribution < -0.4 is 0 Å². The first-order chi connectivity index (χ1) is 9.91. The van der Waals surface area contributed by atoms with Crippen molar-refractivity contribution in [1.29, 1.82) is 0 Å². The molecule has 1 aromatic carbocycles. The van der Waals surface area contributed by atoms with E-state index in [4.69, 9.17) is 27.9 Å². The summed E-state index contributed by atoms with van der Waals surface area (Å²) in [5.41, 5.74) is 0.305. The molecule has 3 rings (SSSR count). The molecule has 1 aromatic rings. The number of aliphatic hydroxyl groups is 1. The molecular weight excluding hydrogens is 337 g/mol. The van der Waals surface area contributed by atoms with Gasteiger partial charge in [-0.3, -0.25) is 0 Å². The molecule has 5 nitrogen and oxygen atoms in total. The maximum absolute atomic E-state index is 12.8. The third kappa shape index (κ3) is 2.81. The van der Waals surface area contributed by atoms with Crippen LogP contribution in [0, 0.1) is 0 Å². The van der Waals surface area contributed by atoms with E-state index in [9.17, 15) is 13.5 Å². The summed E-state index contributed by atoms with van der Waals surface area (Å²) >= 11 is 12.1. The fourth-order valence-electron chi connectivity index (χ4n) is 2.83. The van der Waals surface area contributed by atoms with Gasteiger partial charge in [0.2, 0.25) is 10.0 Å². The van der Waals surface area contributed by atoms with Crippen molar-refractivity contribution < 1.29 is 18.3 Å². The highest BCUT2D eigenvalue weighted by molar-refractivity contribution is 7.89. The van der Waals surface area contributed by atoms with E-state index in [1.807, 2.05) is 0 Å². The molecule has 0 saturated carbocycles. The van der Waals surface area contributed by atoms with E-state index < -0.39 is 10.0 Å². The summed E-state index contributed by atoms with van der Waals surface area (Å²) in [6, 6.07) is 2.79. The molecule has 116 valence electrons. The molecular formula is C13H15Cl2NO4S. The number of ether oxygens (including phenoxy) is 1. The number of rotatable bonds is 3. The van der Waals surface area contributed by atoms with E-state index >= 15 is 0 Å². The van der Waals surface area contributed by atoms with Crippen LogP contribution in [0.3, 0.4) is 0 Å². The lowest BCUT2D eigenvalue weighted by molar-refractivity contribution is -0.0114. The van der Waals surface area contributed by atoms with Gasteiger partial charge in [-0.1, -0.05) is 23.2 Å². The van der Waals surface area contributed by atoms with Crippen molar-refractivity contribution in [3.63, 3.8) is 0 Å². The fraction of sp³-hybridized carbons (Fsp3) is 0.538. The zero-order valence-electron chi connectivity index (χ0n) is 11.1. The third-order valence-corrected chi connectivity index (χ3v) is 6.51. The third-order valence-electron chi connectivity index (χ3n) is 3.88. The largest absolute Gasteiger partial charge is 0.392 e. The molecule has 2 unspecified atom stereocenters. The Labute approximate surface area is 133 Å². The fourth-order valence-corrected chi connectivity index (χ4v) is 5.24. The normalized spacial score (nSPS) is 26.2. The van der Waals surface area contributed by atoms with E-state index in [1.165, 1.54) is 16.4 Å². The second-order valence-electron chi connectivity index (χ2n) is 5.31. The molecule has 0 amide bonds. The molecule has 1 N–H and O–H groups in total. The maximum atomic E-state index is 12.8. The van der Waals surface area contributed by atoms with Crippen LogP contribution in [0.2, 0.25) is 10.0 Å². The number of hydrogen-bond donors (Lipinski definition) is 1. The summed E-state index contributed by atoms with van der Waals surface area (Å²) < 4.78 is 32.6. The van der Waals surface area contributed by atoms with Crippen LogP contribution >= 0.6 is 23.2 Å². The maximum Gasteiger partial charge on any atom is 0.244 e. The summed E-state index contributed by atoms with van der Waals surface area (Å²) in [4.78, 5) is -0.0537. The Morgan fingerprint density at radius 2 is 1.86 bits per heavy atom. The van der Waals surface area contributed by atoms with Crippen molar-refractivity contribution in [3.05, 3.63) is 27.7 Å². The lowest BCUT2D eigenvalue weighted by Crippen LogP contribution is -2.45. The standard InChI is InChI=1S/C13H15Cl2NO4S/c14-9-3-8(7-17)13(15)12(4-9)21(18,19)16-5-10-1-2-11(6-16)20-10/h3-4,10-11,17H,1-2,5-7H2. The molecule has 2 atom stereocenters. The molecule has 0 aliphatic carbocycles. The molecule has 2 aliphatic rings. The lowest BCUT2D eigenvalue weighted by Gasteiger charge is -2.31. The zero-order valence-corrected chi connectivity index (χ0v) is 13.5. The van der Waals surface area contributed by atoms with Gasteiger partial charge in [-0.15, -0.1) is 0 Å². The average Bonchev–Trinajstić information content (AvgIpc) is 2.79. The summed E-state index contributed by atoms with van der Waals surface area (Å²) in [5.74, 6) is 0. The van der Waals surface area contributed by atoms with Gasteiger partial charge in [-0.25, -0.2) is 8.42 Å². The van der Waals surface area contributed by atoms with Gasteiger partial charge in [0.15, 0.2) is 0 Å². The van der Waals surface area contributed by atoms with Crippen LogP contribution in [0.15, 0.2) is 17.0 Å². The summed E-state index contributed by atoms with van der Waals surface area (Å²) in [7, 11) is -3.75. The highest BCUT2D eigenvalue weighted by atomic mass is 35.5. The van der Waals surface area contributed by atoms with Crippen LogP contribution in [0.1, 0.15) is 18.4 Å². The number of sulfonamides is 1. The van der Waals surface area contributed by atoms with Crippen molar-refractivity contribution in [2.75, 3.05) is 13.1 Å². The molecule has 2 aliphatic heterocycles. The zero-order chi connectivity index (χ0) is 15.2. The van der Waals surface area contributed by atoms with Gasteiger partial charge >= 0.3 is 0 Å². The van der Waals surface area contributed by atoms with Crippen LogP contribution in [-0.4, -0.2) is 43.1 Å². The number of benzene rings is 1. The molecule has 2 bridgehead atoms. The van der Waals surface area contributed by atoms with Crippen LogP contribution in [0.25, 0.3) is 0 Å². The number of fused-ring (bicyclic) bond motifs is 2. The second-order valence-corrected chi connectivity index (χ2v) is 8.04. The Kier molecular flexibility index (Phi) is 4.20. The number of nitrogens with zero attached hydrogens (tertiary/aromatic N) is 1. The van der Waals surface area contributed by atoms with Crippen LogP contribution in [0.4, 0.5) is 0 Å². The quantitative estimate of drug-likeness (QED) is 0.904. The predicted octanol–water partition coefficient (Wildman–Crippen LogP) is 2.04. The van der Waals surface area contributed by atoms with Gasteiger partial charge in [-0.05, 0) is 30.5 Å². The van der Waals surface area contributed by atoms with Crippen LogP contribution in [0.5, 0.6) is 0 Å². The molecule has 0 spiro atoms. The highest BCUT2D eigenvalue weighted by Crippen LogP contribution is 2.35. The van der Waals surface area contributed by atoms with E-state index in [1.54, 1.807) is 0 Å². The van der Waals surface area contributed by atoms with Crippen LogP contribution in [-0.2, 0) is 21.4 Å². The molecule has 2 fully saturated rings. The Bertz CT molecular complexity index is 652. The molecule has 2 saturated heterocycles. The van der Waals surface area contributed by atoms with Gasteiger partial charge in [0.05, 0.1) is 23.8 Å². The van der Waals surface area contributed by atoms with Gasteiger partial charge in [0.1, 0.15) is 4.90 Å². The smallest absolute Gasteiger partial charge is 0.244 e. The van der Waals surface area contributed by atoms with E-state index in [2.05, 4.69) is 0 Å². The van der Waals surface area contributed by atoms with Gasteiger partial charge in [0.25, 0.3) is 0 Å². The Hall–Kier alpha value is -0.370. The van der Waals surface area contributed by atoms with Crippen molar-refractivity contribution in [3.8, 4) is 0 Å².